The minimum Gasteiger partial charge on any atom is -0.395 e. The normalized spacial score (nSPS) is 19.9. The number of amides is 2. The van der Waals surface area contributed by atoms with Gasteiger partial charge in [0.15, 0.2) is 0 Å². The van der Waals surface area contributed by atoms with E-state index in [1.165, 1.54) is 11.3 Å². The van der Waals surface area contributed by atoms with Crippen LogP contribution >= 0.6 is 11.3 Å². The molecule has 1 aromatic heterocycles. The number of aliphatic hydroxyl groups excluding tert-OH is 2. The van der Waals surface area contributed by atoms with Crippen LogP contribution in [0.1, 0.15) is 33.0 Å². The maximum absolute atomic E-state index is 12.2. The molecule has 1 fully saturated rings. The summed E-state index contributed by atoms with van der Waals surface area (Å²) >= 11 is 1.43. The molecule has 2 amide bonds. The molecule has 144 valence electrons. The van der Waals surface area contributed by atoms with Crippen LogP contribution in [0.3, 0.4) is 0 Å². The Morgan fingerprint density at radius 1 is 1.38 bits per heavy atom. The Kier molecular flexibility index (Phi) is 5.93. The predicted molar refractivity (Wildman–Crippen MR) is 95.9 cm³/mol. The first-order chi connectivity index (χ1) is 12.5. The molecule has 0 aliphatic carbocycles. The number of nitrogens with zero attached hydrogens (tertiary/aromatic N) is 1. The zero-order chi connectivity index (χ0) is 18.7. The van der Waals surface area contributed by atoms with E-state index in [9.17, 15) is 9.59 Å². The van der Waals surface area contributed by atoms with Crippen molar-refractivity contribution in [1.82, 2.24) is 10.2 Å². The van der Waals surface area contributed by atoms with Crippen LogP contribution in [-0.2, 0) is 21.6 Å². The Bertz CT molecular complexity index is 669. The number of hydrogen-bond acceptors (Lipinski definition) is 7. The number of aliphatic hydroxyl groups is 2. The molecule has 1 aromatic rings. The van der Waals surface area contributed by atoms with Gasteiger partial charge in [0.25, 0.3) is 5.91 Å². The molecule has 0 saturated carbocycles. The van der Waals surface area contributed by atoms with Crippen LogP contribution < -0.4 is 11.1 Å². The maximum atomic E-state index is 12.2. The zero-order valence-corrected chi connectivity index (χ0v) is 15.4. The summed E-state index contributed by atoms with van der Waals surface area (Å²) in [5, 5.41) is 20.6. The van der Waals surface area contributed by atoms with Crippen molar-refractivity contribution < 1.29 is 24.5 Å². The topological polar surface area (TPSA) is 125 Å². The third-order valence-corrected chi connectivity index (χ3v) is 6.35. The summed E-state index contributed by atoms with van der Waals surface area (Å²) in [5.41, 5.74) is 6.30. The number of fused-ring (bicyclic) bond motifs is 2. The SMILES string of the molecule is N[C@@H](CO)C(=O)N1CCC2(CC1)OCCc1cc(C(=O)NCCO)sc12. The molecule has 2 aliphatic heterocycles. The fourth-order valence-electron chi connectivity index (χ4n) is 3.56. The van der Waals surface area contributed by atoms with E-state index in [1.807, 2.05) is 6.07 Å². The molecular weight excluding hydrogens is 358 g/mol. The smallest absolute Gasteiger partial charge is 0.261 e. The molecule has 1 spiro atoms. The number of rotatable bonds is 5. The van der Waals surface area contributed by atoms with Crippen LogP contribution in [-0.4, -0.2) is 72.4 Å². The Morgan fingerprint density at radius 2 is 2.12 bits per heavy atom. The summed E-state index contributed by atoms with van der Waals surface area (Å²) in [6, 6.07) is 1.03. The van der Waals surface area contributed by atoms with E-state index in [2.05, 4.69) is 5.32 Å². The first-order valence-electron chi connectivity index (χ1n) is 8.82. The van der Waals surface area contributed by atoms with Gasteiger partial charge in [-0.2, -0.15) is 0 Å². The van der Waals surface area contributed by atoms with Crippen molar-refractivity contribution in [3.05, 3.63) is 21.4 Å². The number of hydrogen-bond donors (Lipinski definition) is 4. The summed E-state index contributed by atoms with van der Waals surface area (Å²) < 4.78 is 6.14. The number of ether oxygens (including phenoxy) is 1. The van der Waals surface area contributed by atoms with Crippen molar-refractivity contribution in [2.24, 2.45) is 5.73 Å². The van der Waals surface area contributed by atoms with E-state index in [0.29, 0.717) is 37.4 Å². The van der Waals surface area contributed by atoms with Crippen molar-refractivity contribution >= 4 is 23.2 Å². The zero-order valence-electron chi connectivity index (χ0n) is 14.6. The second-order valence-corrected chi connectivity index (χ2v) is 7.70. The van der Waals surface area contributed by atoms with Crippen LogP contribution in [0.5, 0.6) is 0 Å². The number of likely N-dealkylation sites (tertiary alicyclic amines) is 1. The molecular formula is C17H25N3O5S. The lowest BCUT2D eigenvalue weighted by Crippen LogP contribution is -2.52. The van der Waals surface area contributed by atoms with Crippen molar-refractivity contribution in [1.29, 1.82) is 0 Å². The second kappa shape index (κ2) is 8.01. The summed E-state index contributed by atoms with van der Waals surface area (Å²) in [6.07, 6.45) is 2.04. The molecule has 0 unspecified atom stereocenters. The Morgan fingerprint density at radius 3 is 2.77 bits per heavy atom. The lowest BCUT2D eigenvalue weighted by molar-refractivity contribution is -0.142. The van der Waals surface area contributed by atoms with E-state index < -0.39 is 11.6 Å². The van der Waals surface area contributed by atoms with Crippen molar-refractivity contribution in [3.63, 3.8) is 0 Å². The number of carbonyl (C=O) groups excluding carboxylic acids is 2. The van der Waals surface area contributed by atoms with Crippen LogP contribution in [0.2, 0.25) is 0 Å². The van der Waals surface area contributed by atoms with Gasteiger partial charge in [-0.15, -0.1) is 11.3 Å². The third kappa shape index (κ3) is 3.63. The van der Waals surface area contributed by atoms with Gasteiger partial charge >= 0.3 is 0 Å². The highest BCUT2D eigenvalue weighted by molar-refractivity contribution is 7.14. The van der Waals surface area contributed by atoms with Gasteiger partial charge in [0.2, 0.25) is 5.91 Å². The van der Waals surface area contributed by atoms with Crippen LogP contribution in [0.15, 0.2) is 6.07 Å². The van der Waals surface area contributed by atoms with Gasteiger partial charge in [-0.1, -0.05) is 0 Å². The molecule has 8 nitrogen and oxygen atoms in total. The average Bonchev–Trinajstić information content (AvgIpc) is 3.11. The minimum absolute atomic E-state index is 0.0935. The van der Waals surface area contributed by atoms with Crippen molar-refractivity contribution in [3.8, 4) is 0 Å². The fraction of sp³-hybridized carbons (Fsp3) is 0.647. The second-order valence-electron chi connectivity index (χ2n) is 6.65. The molecule has 1 saturated heterocycles. The molecule has 9 heteroatoms. The quantitative estimate of drug-likeness (QED) is 0.527. The van der Waals surface area contributed by atoms with E-state index in [0.717, 1.165) is 16.9 Å². The van der Waals surface area contributed by atoms with Crippen LogP contribution in [0.25, 0.3) is 0 Å². The lowest BCUT2D eigenvalue weighted by Gasteiger charge is -2.44. The van der Waals surface area contributed by atoms with Crippen LogP contribution in [0.4, 0.5) is 0 Å². The Balaban J connectivity index is 1.75. The molecule has 3 heterocycles. The van der Waals surface area contributed by atoms with Gasteiger partial charge in [0.05, 0.1) is 24.7 Å². The number of carbonyl (C=O) groups is 2. The number of piperidine rings is 1. The highest BCUT2D eigenvalue weighted by Crippen LogP contribution is 2.45. The monoisotopic (exact) mass is 383 g/mol. The summed E-state index contributed by atoms with van der Waals surface area (Å²) in [7, 11) is 0. The van der Waals surface area contributed by atoms with Gasteiger partial charge in [-0.25, -0.2) is 0 Å². The molecule has 5 N–H and O–H groups in total. The van der Waals surface area contributed by atoms with Crippen LogP contribution in [0, 0.1) is 0 Å². The molecule has 26 heavy (non-hydrogen) atoms. The van der Waals surface area contributed by atoms with Gasteiger partial charge < -0.3 is 30.9 Å². The molecule has 1 atom stereocenters. The Labute approximate surface area is 155 Å². The van der Waals surface area contributed by atoms with Crippen molar-refractivity contribution in [2.45, 2.75) is 30.9 Å². The molecule has 2 aliphatic rings. The number of thiophene rings is 1. The first kappa shape index (κ1) is 19.2. The van der Waals surface area contributed by atoms with E-state index in [1.54, 1.807) is 4.90 Å². The third-order valence-electron chi connectivity index (χ3n) is 4.99. The van der Waals surface area contributed by atoms with Gasteiger partial charge in [-0.05, 0) is 30.9 Å². The predicted octanol–water partition coefficient (Wildman–Crippen LogP) is -0.820. The minimum atomic E-state index is -0.879. The first-order valence-corrected chi connectivity index (χ1v) is 9.64. The summed E-state index contributed by atoms with van der Waals surface area (Å²) in [6.45, 7) is 1.38. The van der Waals surface area contributed by atoms with E-state index in [-0.39, 0.29) is 31.6 Å². The number of nitrogens with two attached hydrogens (primary N) is 1. The van der Waals surface area contributed by atoms with E-state index in [4.69, 9.17) is 20.7 Å². The Hall–Kier alpha value is -1.52. The van der Waals surface area contributed by atoms with E-state index >= 15 is 0 Å². The molecule has 0 bridgehead atoms. The van der Waals surface area contributed by atoms with Gasteiger partial charge in [0, 0.05) is 24.5 Å². The maximum Gasteiger partial charge on any atom is 0.261 e. The molecule has 0 aromatic carbocycles. The van der Waals surface area contributed by atoms with Gasteiger partial charge in [-0.3, -0.25) is 9.59 Å². The number of nitrogens with one attached hydrogen (secondary N) is 1. The highest BCUT2D eigenvalue weighted by Gasteiger charge is 2.43. The summed E-state index contributed by atoms with van der Waals surface area (Å²) in [4.78, 5) is 27.7. The van der Waals surface area contributed by atoms with Gasteiger partial charge in [0.1, 0.15) is 11.6 Å². The average molecular weight is 383 g/mol. The largest absolute Gasteiger partial charge is 0.395 e. The fourth-order valence-corrected chi connectivity index (χ4v) is 4.89. The highest BCUT2D eigenvalue weighted by atomic mass is 32.1. The van der Waals surface area contributed by atoms with Crippen molar-refractivity contribution in [2.75, 3.05) is 39.5 Å². The standard InChI is InChI=1S/C17H25N3O5S/c18-12(10-22)16(24)20-5-2-17(3-6-20)14-11(1-8-25-17)9-13(26-14)15(23)19-4-7-21/h9,12,21-22H,1-8,10,18H2,(H,19,23)/t12-/m0/s1. The summed E-state index contributed by atoms with van der Waals surface area (Å²) in [5.74, 6) is -0.427. The lowest BCUT2D eigenvalue weighted by atomic mass is 9.85. The molecule has 0 radical (unpaired) electrons. The molecule has 3 rings (SSSR count).